The van der Waals surface area contributed by atoms with Gasteiger partial charge < -0.3 is 19.5 Å². The summed E-state index contributed by atoms with van der Waals surface area (Å²) in [5.41, 5.74) is 4.35. The molecular weight excluding hydrogens is 542 g/mol. The third-order valence-corrected chi connectivity index (χ3v) is 7.98. The zero-order chi connectivity index (χ0) is 29.8. The first-order valence-corrected chi connectivity index (χ1v) is 14.5. The van der Waals surface area contributed by atoms with Crippen LogP contribution < -0.4 is 0 Å². The fourth-order valence-corrected chi connectivity index (χ4v) is 5.90. The van der Waals surface area contributed by atoms with E-state index in [1.165, 1.54) is 11.0 Å². The molecule has 5 rings (SSSR count). The fraction of sp³-hybridized carbons (Fsp3) is 0.394. The predicted molar refractivity (Wildman–Crippen MR) is 154 cm³/mol. The second kappa shape index (κ2) is 13.0. The number of benzene rings is 3. The van der Waals surface area contributed by atoms with Crippen LogP contribution >= 0.6 is 0 Å². The minimum absolute atomic E-state index is 0.0162. The summed E-state index contributed by atoms with van der Waals surface area (Å²) in [6, 6.07) is 17.9. The number of fused-ring (bicyclic) bond motifs is 3. The van der Waals surface area contributed by atoms with Gasteiger partial charge in [0, 0.05) is 38.1 Å². The SMILES string of the molecule is CCOC(CN(C(=O)C(Cc1ccc(F)c(F)c1)N(CC1c2ccccc2-c2ccccc21)C(=O)O)C1CC1)OCC. The van der Waals surface area contributed by atoms with Crippen LogP contribution in [0.5, 0.6) is 0 Å². The maximum atomic E-state index is 14.4. The molecule has 222 valence electrons. The van der Waals surface area contributed by atoms with Crippen LogP contribution in [0.15, 0.2) is 66.7 Å². The van der Waals surface area contributed by atoms with Crippen molar-refractivity contribution in [1.29, 1.82) is 0 Å². The average Bonchev–Trinajstić information content (AvgIpc) is 3.78. The lowest BCUT2D eigenvalue weighted by Gasteiger charge is -2.36. The van der Waals surface area contributed by atoms with Crippen molar-refractivity contribution >= 4 is 12.0 Å². The summed E-state index contributed by atoms with van der Waals surface area (Å²) in [5, 5.41) is 10.6. The predicted octanol–water partition coefficient (Wildman–Crippen LogP) is 6.06. The van der Waals surface area contributed by atoms with E-state index in [4.69, 9.17) is 9.47 Å². The maximum Gasteiger partial charge on any atom is 0.408 e. The van der Waals surface area contributed by atoms with Gasteiger partial charge >= 0.3 is 6.09 Å². The molecule has 2 aliphatic carbocycles. The molecule has 3 aromatic rings. The van der Waals surface area contributed by atoms with E-state index in [0.717, 1.165) is 47.2 Å². The smallest absolute Gasteiger partial charge is 0.408 e. The zero-order valence-corrected chi connectivity index (χ0v) is 23.8. The highest BCUT2D eigenvalue weighted by Gasteiger charge is 2.42. The number of amides is 2. The molecule has 42 heavy (non-hydrogen) atoms. The summed E-state index contributed by atoms with van der Waals surface area (Å²) in [5.74, 6) is -2.77. The monoisotopic (exact) mass is 578 g/mol. The molecule has 0 radical (unpaired) electrons. The Bertz CT molecular complexity index is 1380. The molecule has 3 aromatic carbocycles. The van der Waals surface area contributed by atoms with E-state index in [9.17, 15) is 23.5 Å². The van der Waals surface area contributed by atoms with E-state index >= 15 is 0 Å². The van der Waals surface area contributed by atoms with Crippen molar-refractivity contribution in [2.45, 2.75) is 57.4 Å². The Morgan fingerprint density at radius 1 is 0.905 bits per heavy atom. The van der Waals surface area contributed by atoms with Crippen LogP contribution in [0.25, 0.3) is 11.1 Å². The number of carbonyl (C=O) groups excluding carboxylic acids is 1. The van der Waals surface area contributed by atoms with Crippen molar-refractivity contribution in [2.75, 3.05) is 26.3 Å². The quantitative estimate of drug-likeness (QED) is 0.250. The average molecular weight is 579 g/mol. The van der Waals surface area contributed by atoms with E-state index in [1.807, 2.05) is 62.4 Å². The Morgan fingerprint density at radius 3 is 2.02 bits per heavy atom. The topological polar surface area (TPSA) is 79.3 Å². The lowest BCUT2D eigenvalue weighted by molar-refractivity contribution is -0.162. The molecule has 1 fully saturated rings. The Labute approximate surface area is 244 Å². The van der Waals surface area contributed by atoms with Crippen LogP contribution in [-0.2, 0) is 20.7 Å². The lowest BCUT2D eigenvalue weighted by atomic mass is 9.94. The third-order valence-electron chi connectivity index (χ3n) is 7.98. The zero-order valence-electron chi connectivity index (χ0n) is 23.8. The number of carbonyl (C=O) groups is 2. The number of carboxylic acid groups (broad SMARTS) is 1. The second-order valence-electron chi connectivity index (χ2n) is 10.7. The number of hydrogen-bond donors (Lipinski definition) is 1. The first-order valence-electron chi connectivity index (χ1n) is 14.5. The van der Waals surface area contributed by atoms with Crippen molar-refractivity contribution in [2.24, 2.45) is 0 Å². The Hall–Kier alpha value is -3.82. The normalized spacial score (nSPS) is 14.9. The molecule has 0 saturated heterocycles. The van der Waals surface area contributed by atoms with Gasteiger partial charge in [-0.2, -0.15) is 0 Å². The van der Waals surface area contributed by atoms with Crippen molar-refractivity contribution in [3.63, 3.8) is 0 Å². The fourth-order valence-electron chi connectivity index (χ4n) is 5.90. The Morgan fingerprint density at radius 2 is 1.50 bits per heavy atom. The van der Waals surface area contributed by atoms with E-state index < -0.39 is 36.0 Å². The molecule has 0 aromatic heterocycles. The van der Waals surface area contributed by atoms with Gasteiger partial charge in [-0.15, -0.1) is 0 Å². The van der Waals surface area contributed by atoms with Crippen LogP contribution in [0.2, 0.25) is 0 Å². The number of halogens is 2. The van der Waals surface area contributed by atoms with E-state index in [-0.39, 0.29) is 31.5 Å². The van der Waals surface area contributed by atoms with Crippen molar-refractivity contribution in [1.82, 2.24) is 9.80 Å². The summed E-state index contributed by atoms with van der Waals surface area (Å²) < 4.78 is 39.5. The largest absolute Gasteiger partial charge is 0.465 e. The van der Waals surface area contributed by atoms with Gasteiger partial charge in [0.05, 0.1) is 6.54 Å². The number of hydrogen-bond acceptors (Lipinski definition) is 4. The summed E-state index contributed by atoms with van der Waals surface area (Å²) in [7, 11) is 0. The number of rotatable bonds is 13. The van der Waals surface area contributed by atoms with E-state index in [0.29, 0.717) is 18.8 Å². The summed E-state index contributed by atoms with van der Waals surface area (Å²) in [6.45, 7) is 4.61. The van der Waals surface area contributed by atoms with Crippen LogP contribution in [0, 0.1) is 11.6 Å². The molecule has 0 spiro atoms. The molecule has 2 aliphatic rings. The van der Waals surface area contributed by atoms with Crippen LogP contribution in [0.1, 0.15) is 49.3 Å². The highest BCUT2D eigenvalue weighted by molar-refractivity contribution is 5.87. The van der Waals surface area contributed by atoms with Gasteiger partial charge in [-0.3, -0.25) is 9.69 Å². The lowest BCUT2D eigenvalue weighted by Crippen LogP contribution is -2.55. The standard InChI is InChI=1S/C33H36F2N2O5/c1-3-41-31(42-4-2)20-36(22-14-15-22)32(38)30(18-21-13-16-28(34)29(35)17-21)37(33(39)40)19-27-25-11-7-5-9-23(25)24-10-6-8-12-26(24)27/h5-13,16-17,22,27,30-31H,3-4,14-15,18-20H2,1-2H3,(H,39,40). The molecule has 0 bridgehead atoms. The van der Waals surface area contributed by atoms with Gasteiger partial charge in [-0.1, -0.05) is 54.6 Å². The molecule has 1 N–H and O–H groups in total. The van der Waals surface area contributed by atoms with Gasteiger partial charge in [0.25, 0.3) is 0 Å². The Kier molecular flexibility index (Phi) is 9.18. The molecule has 1 unspecified atom stereocenters. The molecule has 7 nitrogen and oxygen atoms in total. The molecule has 2 amide bonds. The Balaban J connectivity index is 1.52. The van der Waals surface area contributed by atoms with Gasteiger partial charge in [-0.05, 0) is 66.6 Å². The van der Waals surface area contributed by atoms with Crippen molar-refractivity contribution in [3.8, 4) is 11.1 Å². The third kappa shape index (κ3) is 6.32. The summed E-state index contributed by atoms with van der Waals surface area (Å²) in [4.78, 5) is 30.2. The molecule has 0 aliphatic heterocycles. The van der Waals surface area contributed by atoms with Gasteiger partial charge in [-0.25, -0.2) is 13.6 Å². The number of ether oxygens (including phenoxy) is 2. The van der Waals surface area contributed by atoms with Crippen molar-refractivity contribution in [3.05, 3.63) is 95.1 Å². The number of nitrogens with zero attached hydrogens (tertiary/aromatic N) is 2. The summed E-state index contributed by atoms with van der Waals surface area (Å²) in [6.07, 6.45) is -0.481. The first-order chi connectivity index (χ1) is 20.3. The van der Waals surface area contributed by atoms with Gasteiger partial charge in [0.15, 0.2) is 17.9 Å². The second-order valence-corrected chi connectivity index (χ2v) is 10.7. The van der Waals surface area contributed by atoms with E-state index in [1.54, 1.807) is 4.90 Å². The van der Waals surface area contributed by atoms with Crippen molar-refractivity contribution < 1.29 is 33.0 Å². The minimum Gasteiger partial charge on any atom is -0.465 e. The first kappa shape index (κ1) is 29.7. The van der Waals surface area contributed by atoms with E-state index in [2.05, 4.69) is 0 Å². The van der Waals surface area contributed by atoms with Crippen LogP contribution in [-0.4, -0.2) is 71.6 Å². The van der Waals surface area contributed by atoms with Crippen LogP contribution in [0.3, 0.4) is 0 Å². The molecular formula is C33H36F2N2O5. The maximum absolute atomic E-state index is 14.4. The molecule has 9 heteroatoms. The highest BCUT2D eigenvalue weighted by atomic mass is 19.2. The molecule has 0 heterocycles. The van der Waals surface area contributed by atoms with Gasteiger partial charge in [0.1, 0.15) is 6.04 Å². The van der Waals surface area contributed by atoms with Crippen LogP contribution in [0.4, 0.5) is 13.6 Å². The molecule has 1 atom stereocenters. The minimum atomic E-state index is -1.26. The highest BCUT2D eigenvalue weighted by Crippen LogP contribution is 2.45. The summed E-state index contributed by atoms with van der Waals surface area (Å²) >= 11 is 0. The van der Waals surface area contributed by atoms with Gasteiger partial charge in [0.2, 0.25) is 5.91 Å². The molecule has 1 saturated carbocycles.